The summed E-state index contributed by atoms with van der Waals surface area (Å²) in [4.78, 5) is 63.8. The molecule has 0 saturated carbocycles. The van der Waals surface area contributed by atoms with Gasteiger partial charge in [0, 0.05) is 31.2 Å². The molecule has 2 heterocycles. The topological polar surface area (TPSA) is 383 Å². The predicted molar refractivity (Wildman–Crippen MR) is 229 cm³/mol. The first-order valence-electron chi connectivity index (χ1n) is 17.8. The number of halogens is 4. The predicted octanol–water partition coefficient (Wildman–Crippen LogP) is 3.63. The van der Waals surface area contributed by atoms with E-state index in [1.54, 1.807) is 9.44 Å². The van der Waals surface area contributed by atoms with Crippen LogP contribution >= 0.6 is 19.0 Å². The number of carbonyl (C=O) groups excluding carboxylic acids is 2. The number of anilines is 1. The van der Waals surface area contributed by atoms with Crippen molar-refractivity contribution >= 4 is 78.4 Å². The van der Waals surface area contributed by atoms with Gasteiger partial charge in [-0.3, -0.25) is 29.6 Å². The van der Waals surface area contributed by atoms with Crippen LogP contribution in [0.25, 0.3) is 0 Å². The lowest BCUT2D eigenvalue weighted by atomic mass is 10.1. The average molecular weight is 1050 g/mol. The number of pyridine rings is 1. The third-order valence-corrected chi connectivity index (χ3v) is 12.7. The summed E-state index contributed by atoms with van der Waals surface area (Å²) in [7, 11) is -13.0. The van der Waals surface area contributed by atoms with Crippen LogP contribution in [-0.4, -0.2) is 118 Å². The van der Waals surface area contributed by atoms with Crippen molar-refractivity contribution in [1.29, 1.82) is 0 Å². The van der Waals surface area contributed by atoms with E-state index in [0.29, 0.717) is 18.4 Å². The number of carbonyl (C=O) groups is 3. The molecule has 2 atom stereocenters. The lowest BCUT2D eigenvalue weighted by Gasteiger charge is -2.12. The van der Waals surface area contributed by atoms with E-state index in [0.717, 1.165) is 36.5 Å². The Bertz CT molecular complexity index is 2850. The fourth-order valence-corrected chi connectivity index (χ4v) is 8.44. The molecular formula is C34H39ClF3N8O17PS3. The van der Waals surface area contributed by atoms with Crippen molar-refractivity contribution < 1.29 is 86.5 Å². The highest BCUT2D eigenvalue weighted by Gasteiger charge is 2.32. The van der Waals surface area contributed by atoms with E-state index in [9.17, 15) is 67.5 Å². The van der Waals surface area contributed by atoms with Crippen LogP contribution in [0.5, 0.6) is 23.3 Å². The molecule has 2 unspecified atom stereocenters. The lowest BCUT2D eigenvalue weighted by molar-refractivity contribution is -0.385. The first kappa shape index (κ1) is 56.9. The molecule has 0 bridgehead atoms. The number of nitro benzene ring substituents is 1. The van der Waals surface area contributed by atoms with E-state index in [2.05, 4.69) is 20.3 Å². The van der Waals surface area contributed by atoms with E-state index in [4.69, 9.17) is 41.5 Å². The summed E-state index contributed by atoms with van der Waals surface area (Å²) in [5.41, 5.74) is 2.75. The van der Waals surface area contributed by atoms with Gasteiger partial charge in [0.05, 0.1) is 47.8 Å². The van der Waals surface area contributed by atoms with Crippen molar-refractivity contribution in [3.05, 3.63) is 87.1 Å². The maximum absolute atomic E-state index is 12.7. The maximum atomic E-state index is 12.7. The molecule has 0 aliphatic rings. The SMILES string of the molecule is CCS(=O)(=O)c1cccnc1S(=O)(=O)NC(=O)Nc1nc(OC)cc(OC)n1.CP(=O)(O)CCC(N)C(=O)O.CS(=O)(=O)NC(=O)c1cc(Oc2ccc(C(F)(F)F)cc2Cl)ccc1[N+](=O)[O-]. The van der Waals surface area contributed by atoms with Gasteiger partial charge < -0.3 is 29.9 Å². The largest absolute Gasteiger partial charge is 0.481 e. The van der Waals surface area contributed by atoms with Gasteiger partial charge in [-0.1, -0.05) is 18.5 Å². The number of aromatic nitrogens is 3. The lowest BCUT2D eigenvalue weighted by Crippen LogP contribution is -2.36. The van der Waals surface area contributed by atoms with Crippen LogP contribution in [0.4, 0.5) is 29.6 Å². The molecule has 7 N–H and O–H groups in total. The fourth-order valence-electron chi connectivity index (χ4n) is 4.47. The van der Waals surface area contributed by atoms with Crippen LogP contribution in [-0.2, 0) is 45.4 Å². The Morgan fingerprint density at radius 1 is 0.985 bits per heavy atom. The van der Waals surface area contributed by atoms with Crippen LogP contribution in [0.2, 0.25) is 5.02 Å². The molecule has 4 rings (SSSR count). The van der Waals surface area contributed by atoms with Gasteiger partial charge in [-0.25, -0.2) is 36.1 Å². The van der Waals surface area contributed by atoms with E-state index < -0.39 is 104 Å². The quantitative estimate of drug-likeness (QED) is 0.0530. The van der Waals surface area contributed by atoms with Crippen molar-refractivity contribution in [1.82, 2.24) is 24.4 Å². The number of benzene rings is 2. The molecular weight excluding hydrogens is 1010 g/mol. The van der Waals surface area contributed by atoms with E-state index in [1.165, 1.54) is 39.9 Å². The Kier molecular flexibility index (Phi) is 19.9. The summed E-state index contributed by atoms with van der Waals surface area (Å²) in [5, 5.41) is 20.2. The second-order valence-electron chi connectivity index (χ2n) is 12.9. The number of sulfonamides is 2. The summed E-state index contributed by atoms with van der Waals surface area (Å²) in [6.45, 7) is 2.54. The molecule has 0 radical (unpaired) electrons. The zero-order chi connectivity index (χ0) is 51.3. The average Bonchev–Trinajstić information content (AvgIpc) is 3.22. The molecule has 3 amide bonds. The zero-order valence-corrected chi connectivity index (χ0v) is 39.1. The number of nitrogens with one attached hydrogen (secondary N) is 3. The summed E-state index contributed by atoms with van der Waals surface area (Å²) in [5.74, 6) is -3.34. The number of methoxy groups -OCH3 is 2. The summed E-state index contributed by atoms with van der Waals surface area (Å²) >= 11 is 5.76. The number of carboxylic acid groups (broad SMARTS) is 1. The van der Waals surface area contributed by atoms with Crippen molar-refractivity contribution in [3.8, 4) is 23.3 Å². The number of urea groups is 1. The standard InChI is InChI=1S/C15H10ClF3N2O6S.C14H17N5O7S2.C5H12NO4P/c1-28(25,26)20-14(22)10-7-9(3-4-12(10)21(23)24)27-13-5-2-8(6-11(13)16)15(17,18)19;1-4-27(21,22)9-6-5-7-15-12(9)28(23,24)19-14(20)18-13-16-10(25-2)8-11(17-13)26-3;1-11(9,10)3-2-4(6)5(7)8/h2-7H,1H3,(H,20,22);5-8H,4H2,1-3H3,(H2,16,17,18,19,20);4H,2-3,6H2,1H3,(H,7,8)(H,9,10). The van der Waals surface area contributed by atoms with Gasteiger partial charge in [-0.2, -0.15) is 31.6 Å². The van der Waals surface area contributed by atoms with Gasteiger partial charge in [0.15, 0.2) is 22.2 Å². The molecule has 4 aromatic rings. The number of nitro groups is 1. The van der Waals surface area contributed by atoms with Crippen LogP contribution in [0.15, 0.2) is 70.7 Å². The highest BCUT2D eigenvalue weighted by Crippen LogP contribution is 2.38. The first-order chi connectivity index (χ1) is 30.7. The number of aliphatic carboxylic acids is 1. The Morgan fingerprint density at radius 3 is 2.06 bits per heavy atom. The third-order valence-electron chi connectivity index (χ3n) is 7.60. The highest BCUT2D eigenvalue weighted by molar-refractivity contribution is 7.93. The maximum Gasteiger partial charge on any atom is 0.416 e. The minimum Gasteiger partial charge on any atom is -0.481 e. The zero-order valence-electron chi connectivity index (χ0n) is 35.0. The fraction of sp³-hybridized carbons (Fsp3) is 0.294. The number of carboxylic acids is 1. The molecule has 2 aromatic carbocycles. The molecule has 0 spiro atoms. The summed E-state index contributed by atoms with van der Waals surface area (Å²) in [6.07, 6.45) is -2.84. The number of hydrogen-bond acceptors (Lipinski definition) is 19. The second-order valence-corrected chi connectivity index (χ2v) is 21.5. The monoisotopic (exact) mass is 1050 g/mol. The number of amides is 3. The summed E-state index contributed by atoms with van der Waals surface area (Å²) in [6, 6.07) is 6.53. The number of nitrogens with two attached hydrogens (primary N) is 1. The number of rotatable bonds is 16. The molecule has 0 aliphatic heterocycles. The summed E-state index contributed by atoms with van der Waals surface area (Å²) < 4.78 is 139. The van der Waals surface area contributed by atoms with Crippen molar-refractivity contribution in [3.63, 3.8) is 0 Å². The molecule has 25 nitrogen and oxygen atoms in total. The number of nitrogens with zero attached hydrogens (tertiary/aromatic N) is 4. The Morgan fingerprint density at radius 2 is 1.58 bits per heavy atom. The van der Waals surface area contributed by atoms with Gasteiger partial charge in [0.2, 0.25) is 27.7 Å². The number of sulfone groups is 1. The van der Waals surface area contributed by atoms with Crippen LogP contribution in [0.1, 0.15) is 29.3 Å². The van der Waals surface area contributed by atoms with E-state index >= 15 is 0 Å². The Hall–Kier alpha value is -6.24. The second kappa shape index (κ2) is 23.5. The van der Waals surface area contributed by atoms with Gasteiger partial charge in [-0.05, 0) is 42.8 Å². The molecule has 0 saturated heterocycles. The number of ether oxygens (including phenoxy) is 3. The number of alkyl halides is 3. The highest BCUT2D eigenvalue weighted by atomic mass is 35.5. The van der Waals surface area contributed by atoms with Gasteiger partial charge in [0.1, 0.15) is 28.0 Å². The van der Waals surface area contributed by atoms with E-state index in [1.807, 2.05) is 0 Å². The first-order valence-corrected chi connectivity index (χ1v) is 25.5. The van der Waals surface area contributed by atoms with Gasteiger partial charge >= 0.3 is 18.2 Å². The van der Waals surface area contributed by atoms with Gasteiger partial charge in [-0.15, -0.1) is 0 Å². The molecule has 33 heteroatoms. The molecule has 67 heavy (non-hydrogen) atoms. The van der Waals surface area contributed by atoms with Crippen molar-refractivity contribution in [2.24, 2.45) is 5.73 Å². The normalized spacial score (nSPS) is 12.8. The minimum absolute atomic E-state index is 0.0412. The van der Waals surface area contributed by atoms with Crippen LogP contribution in [0, 0.1) is 10.1 Å². The minimum atomic E-state index is -4.62. The van der Waals surface area contributed by atoms with Crippen molar-refractivity contribution in [2.45, 2.75) is 35.5 Å². The molecule has 2 aromatic heterocycles. The van der Waals surface area contributed by atoms with Gasteiger partial charge in [0.25, 0.3) is 21.6 Å². The third kappa shape index (κ3) is 18.5. The van der Waals surface area contributed by atoms with Crippen molar-refractivity contribution in [2.75, 3.05) is 44.4 Å². The Labute approximate surface area is 383 Å². The van der Waals surface area contributed by atoms with Crippen LogP contribution in [0.3, 0.4) is 0 Å². The molecule has 0 aliphatic carbocycles. The smallest absolute Gasteiger partial charge is 0.416 e. The van der Waals surface area contributed by atoms with E-state index in [-0.39, 0.29) is 47.5 Å². The number of hydrogen-bond donors (Lipinski definition) is 6. The Balaban J connectivity index is 0.000000378. The van der Waals surface area contributed by atoms with Crippen LogP contribution < -0.4 is 34.7 Å². The molecule has 368 valence electrons. The molecule has 0 fully saturated rings.